The second kappa shape index (κ2) is 3.92. The van der Waals surface area contributed by atoms with Gasteiger partial charge in [0.15, 0.2) is 7.29 Å². The zero-order valence-electron chi connectivity index (χ0n) is 9.44. The molecular weight excluding hydrogens is 205 g/mol. The minimum absolute atomic E-state index is 0.155. The van der Waals surface area contributed by atoms with Crippen LogP contribution in [0.25, 0.3) is 0 Å². The number of halogens is 1. The highest BCUT2D eigenvalue weighted by Gasteiger charge is 2.38. The van der Waals surface area contributed by atoms with Crippen LogP contribution < -0.4 is 5.09 Å². The molecule has 0 bridgehead atoms. The lowest BCUT2D eigenvalue weighted by Crippen LogP contribution is -2.39. The maximum Gasteiger partial charge on any atom is 0.167 e. The van der Waals surface area contributed by atoms with Gasteiger partial charge in [-0.3, -0.25) is 5.09 Å². The van der Waals surface area contributed by atoms with E-state index < -0.39 is 7.29 Å². The first-order valence-electron chi connectivity index (χ1n) is 4.46. The van der Waals surface area contributed by atoms with Gasteiger partial charge in [0.05, 0.1) is 5.62 Å². The smallest absolute Gasteiger partial charge is 0.167 e. The third-order valence-electron chi connectivity index (χ3n) is 1.77. The summed E-state index contributed by atoms with van der Waals surface area (Å²) in [6, 6.07) is 0. The Kier molecular flexibility index (Phi) is 4.07. The molecule has 0 saturated carbocycles. The molecule has 0 aromatic rings. The van der Waals surface area contributed by atoms with Gasteiger partial charge < -0.3 is 4.57 Å². The largest absolute Gasteiger partial charge is 0.305 e. The van der Waals surface area contributed by atoms with Crippen molar-refractivity contribution >= 4 is 18.9 Å². The maximum atomic E-state index is 12.4. The number of nitrogens with one attached hydrogen (secondary N) is 1. The molecule has 0 fully saturated rings. The van der Waals surface area contributed by atoms with E-state index in [1.165, 1.54) is 0 Å². The SMILES string of the molecule is CC(C)(C)NP(=O)(CCl)C(C)(C)C. The molecule has 0 aliphatic rings. The van der Waals surface area contributed by atoms with Crippen molar-refractivity contribution < 1.29 is 4.57 Å². The molecule has 1 atom stereocenters. The van der Waals surface area contributed by atoms with Gasteiger partial charge in [-0.05, 0) is 20.8 Å². The van der Waals surface area contributed by atoms with E-state index in [1.807, 2.05) is 41.5 Å². The Morgan fingerprint density at radius 3 is 1.62 bits per heavy atom. The molecule has 80 valence electrons. The molecule has 0 spiro atoms. The van der Waals surface area contributed by atoms with Crippen molar-refractivity contribution in [2.75, 3.05) is 5.62 Å². The van der Waals surface area contributed by atoms with Gasteiger partial charge >= 0.3 is 0 Å². The van der Waals surface area contributed by atoms with Gasteiger partial charge in [-0.15, -0.1) is 11.6 Å². The number of hydrogen-bond acceptors (Lipinski definition) is 1. The number of rotatable bonds is 2. The summed E-state index contributed by atoms with van der Waals surface area (Å²) in [6.07, 6.45) is 0. The molecule has 2 nitrogen and oxygen atoms in total. The summed E-state index contributed by atoms with van der Waals surface area (Å²) in [6.45, 7) is 11.9. The summed E-state index contributed by atoms with van der Waals surface area (Å²) in [5, 5.41) is 2.87. The first kappa shape index (κ1) is 13.5. The molecule has 0 radical (unpaired) electrons. The lowest BCUT2D eigenvalue weighted by atomic mass is 10.1. The normalized spacial score (nSPS) is 18.4. The molecule has 0 rings (SSSR count). The van der Waals surface area contributed by atoms with E-state index in [0.717, 1.165) is 0 Å². The predicted molar refractivity (Wildman–Crippen MR) is 61.0 cm³/mol. The highest BCUT2D eigenvalue weighted by molar-refractivity contribution is 7.65. The Morgan fingerprint density at radius 2 is 1.54 bits per heavy atom. The molecule has 0 amide bonds. The average molecular weight is 226 g/mol. The first-order chi connectivity index (χ1) is 5.52. The third-order valence-corrected chi connectivity index (χ3v) is 6.31. The molecule has 0 aliphatic carbocycles. The van der Waals surface area contributed by atoms with Gasteiger partial charge in [0, 0.05) is 10.7 Å². The topological polar surface area (TPSA) is 29.1 Å². The van der Waals surface area contributed by atoms with Gasteiger partial charge in [0.25, 0.3) is 0 Å². The average Bonchev–Trinajstić information content (AvgIpc) is 1.81. The molecule has 0 aromatic carbocycles. The van der Waals surface area contributed by atoms with E-state index in [2.05, 4.69) is 5.09 Å². The summed E-state index contributed by atoms with van der Waals surface area (Å²) in [7, 11) is -2.49. The zero-order chi connectivity index (χ0) is 10.9. The van der Waals surface area contributed by atoms with Crippen molar-refractivity contribution in [3.63, 3.8) is 0 Å². The van der Waals surface area contributed by atoms with Crippen LogP contribution in [0.4, 0.5) is 0 Å². The van der Waals surface area contributed by atoms with Crippen LogP contribution >= 0.6 is 18.9 Å². The summed E-state index contributed by atoms with van der Waals surface area (Å²) in [4.78, 5) is 0. The van der Waals surface area contributed by atoms with Crippen LogP contribution in [0.2, 0.25) is 0 Å². The second-order valence-electron chi connectivity index (χ2n) is 5.39. The van der Waals surface area contributed by atoms with Gasteiger partial charge in [-0.1, -0.05) is 20.8 Å². The molecule has 0 aromatic heterocycles. The highest BCUT2D eigenvalue weighted by Crippen LogP contribution is 2.55. The van der Waals surface area contributed by atoms with Gasteiger partial charge in [0.2, 0.25) is 0 Å². The highest BCUT2D eigenvalue weighted by atomic mass is 35.5. The standard InChI is InChI=1S/C9H21ClNOP/c1-8(2,3)11-13(12,7-10)9(4,5)6/h7H2,1-6H3,(H,11,12). The van der Waals surface area contributed by atoms with Gasteiger partial charge in [-0.2, -0.15) is 0 Å². The van der Waals surface area contributed by atoms with Crippen LogP contribution in [0.1, 0.15) is 41.5 Å². The van der Waals surface area contributed by atoms with Crippen LogP contribution in [-0.2, 0) is 4.57 Å². The minimum atomic E-state index is -2.49. The third kappa shape index (κ3) is 4.01. The fourth-order valence-corrected chi connectivity index (χ4v) is 4.01. The van der Waals surface area contributed by atoms with Crippen LogP contribution in [0.15, 0.2) is 0 Å². The van der Waals surface area contributed by atoms with Crippen molar-refractivity contribution in [2.24, 2.45) is 0 Å². The Balaban J connectivity index is 4.79. The Bertz CT molecular complexity index is 215. The Hall–Kier alpha value is 0.480. The van der Waals surface area contributed by atoms with Crippen LogP contribution in [-0.4, -0.2) is 16.3 Å². The maximum absolute atomic E-state index is 12.4. The zero-order valence-corrected chi connectivity index (χ0v) is 11.1. The summed E-state index contributed by atoms with van der Waals surface area (Å²) in [5.74, 6) is 0. The first-order valence-corrected chi connectivity index (χ1v) is 6.89. The molecule has 4 heteroatoms. The second-order valence-corrected chi connectivity index (χ2v) is 9.39. The van der Waals surface area contributed by atoms with Gasteiger partial charge in [0.1, 0.15) is 0 Å². The van der Waals surface area contributed by atoms with E-state index >= 15 is 0 Å². The van der Waals surface area contributed by atoms with Crippen LogP contribution in [0.3, 0.4) is 0 Å². The van der Waals surface area contributed by atoms with E-state index in [4.69, 9.17) is 11.6 Å². The van der Waals surface area contributed by atoms with Crippen LogP contribution in [0, 0.1) is 0 Å². The summed E-state index contributed by atoms with van der Waals surface area (Å²) in [5.41, 5.74) is 0.0332. The predicted octanol–water partition coefficient (Wildman–Crippen LogP) is 3.65. The van der Waals surface area contributed by atoms with Crippen molar-refractivity contribution in [2.45, 2.75) is 52.2 Å². The van der Waals surface area contributed by atoms with Gasteiger partial charge in [-0.25, -0.2) is 0 Å². The molecule has 0 saturated heterocycles. The molecule has 0 heterocycles. The lowest BCUT2D eigenvalue weighted by molar-refractivity contribution is 0.473. The van der Waals surface area contributed by atoms with Crippen molar-refractivity contribution in [1.29, 1.82) is 0 Å². The summed E-state index contributed by atoms with van der Waals surface area (Å²) >= 11 is 5.77. The molecule has 13 heavy (non-hydrogen) atoms. The molecule has 1 unspecified atom stereocenters. The van der Waals surface area contributed by atoms with Crippen molar-refractivity contribution in [1.82, 2.24) is 5.09 Å². The van der Waals surface area contributed by atoms with E-state index in [-0.39, 0.29) is 16.3 Å². The monoisotopic (exact) mass is 225 g/mol. The van der Waals surface area contributed by atoms with Crippen molar-refractivity contribution in [3.8, 4) is 0 Å². The number of hydrogen-bond donors (Lipinski definition) is 1. The van der Waals surface area contributed by atoms with E-state index in [0.29, 0.717) is 0 Å². The fraction of sp³-hybridized carbons (Fsp3) is 1.00. The minimum Gasteiger partial charge on any atom is -0.305 e. The van der Waals surface area contributed by atoms with E-state index in [9.17, 15) is 4.57 Å². The van der Waals surface area contributed by atoms with Crippen molar-refractivity contribution in [3.05, 3.63) is 0 Å². The Labute approximate surface area is 86.9 Å². The fourth-order valence-electron chi connectivity index (χ4n) is 0.919. The number of alkyl halides is 1. The molecular formula is C9H21ClNOP. The Morgan fingerprint density at radius 1 is 1.15 bits per heavy atom. The molecule has 0 aliphatic heterocycles. The van der Waals surface area contributed by atoms with E-state index in [1.54, 1.807) is 0 Å². The molecule has 1 N–H and O–H groups in total. The summed E-state index contributed by atoms with van der Waals surface area (Å²) < 4.78 is 12.4. The lowest BCUT2D eigenvalue weighted by Gasteiger charge is -2.36. The quantitative estimate of drug-likeness (QED) is 0.574. The van der Waals surface area contributed by atoms with Crippen LogP contribution in [0.5, 0.6) is 0 Å².